The summed E-state index contributed by atoms with van der Waals surface area (Å²) in [6, 6.07) is 20.0. The van der Waals surface area contributed by atoms with Gasteiger partial charge in [-0.3, -0.25) is 9.59 Å². The van der Waals surface area contributed by atoms with Gasteiger partial charge in [0.15, 0.2) is 17.8 Å². The van der Waals surface area contributed by atoms with E-state index in [0.717, 1.165) is 23.6 Å². The Balaban J connectivity index is 0.00000186. The highest BCUT2D eigenvalue weighted by molar-refractivity contribution is 6.37. The van der Waals surface area contributed by atoms with Gasteiger partial charge in [0.2, 0.25) is 0 Å². The molecule has 4 aromatic rings. The highest BCUT2D eigenvalue weighted by Crippen LogP contribution is 2.32. The van der Waals surface area contributed by atoms with Crippen molar-refractivity contribution >= 4 is 51.9 Å². The number of hydrogen-bond donors (Lipinski definition) is 2. The number of ether oxygens (including phenoxy) is 1. The molecule has 0 saturated carbocycles. The summed E-state index contributed by atoms with van der Waals surface area (Å²) in [5, 5.41) is 8.58. The number of aldehydes is 1. The number of carbonyl (C=O) groups excluding carboxylic acids is 2. The predicted molar refractivity (Wildman–Crippen MR) is 148 cm³/mol. The van der Waals surface area contributed by atoms with Crippen LogP contribution in [0.25, 0.3) is 27.8 Å². The van der Waals surface area contributed by atoms with Gasteiger partial charge in [0.1, 0.15) is 17.9 Å². The average Bonchev–Trinajstić information content (AvgIpc) is 3.33. The van der Waals surface area contributed by atoms with Crippen molar-refractivity contribution in [2.24, 2.45) is 11.7 Å². The molecule has 37 heavy (non-hydrogen) atoms. The van der Waals surface area contributed by atoms with Crippen LogP contribution < -0.4 is 10.5 Å². The fourth-order valence-electron chi connectivity index (χ4n) is 3.74. The van der Waals surface area contributed by atoms with E-state index in [-0.39, 0.29) is 29.8 Å². The van der Waals surface area contributed by atoms with Crippen molar-refractivity contribution in [2.45, 2.75) is 13.8 Å². The van der Waals surface area contributed by atoms with Gasteiger partial charge in [0.25, 0.3) is 0 Å². The predicted octanol–water partition coefficient (Wildman–Crippen LogP) is 6.80. The van der Waals surface area contributed by atoms with Crippen molar-refractivity contribution in [1.82, 2.24) is 0 Å². The molecule has 4 rings (SSSR count). The third-order valence-electron chi connectivity index (χ3n) is 5.60. The zero-order valence-corrected chi connectivity index (χ0v) is 22.1. The highest BCUT2D eigenvalue weighted by Gasteiger charge is 2.21. The first-order valence-electron chi connectivity index (χ1n) is 11.4. The number of aliphatic hydroxyl groups is 1. The topological polar surface area (TPSA) is 103 Å². The SMILES string of the molecule is CC(C)C(=O)/C(COc1ccc(-c2ccc3oc(C=O)cc3c2)cc1)=C(\N)c1c(Cl)cccc1Cl.CO. The van der Waals surface area contributed by atoms with E-state index in [9.17, 15) is 9.59 Å². The zero-order chi connectivity index (χ0) is 27.1. The van der Waals surface area contributed by atoms with Crippen LogP contribution in [0.5, 0.6) is 5.75 Å². The summed E-state index contributed by atoms with van der Waals surface area (Å²) in [5.74, 6) is 0.443. The van der Waals surface area contributed by atoms with Crippen LogP contribution in [0.1, 0.15) is 30.0 Å². The van der Waals surface area contributed by atoms with E-state index in [0.29, 0.717) is 38.8 Å². The van der Waals surface area contributed by atoms with Crippen LogP contribution in [0.4, 0.5) is 0 Å². The fourth-order valence-corrected chi connectivity index (χ4v) is 4.34. The number of rotatable bonds is 8. The Labute approximate surface area is 225 Å². The molecule has 0 saturated heterocycles. The van der Waals surface area contributed by atoms with Gasteiger partial charge in [-0.2, -0.15) is 0 Å². The lowest BCUT2D eigenvalue weighted by molar-refractivity contribution is -0.118. The van der Waals surface area contributed by atoms with Crippen molar-refractivity contribution in [2.75, 3.05) is 13.7 Å². The van der Waals surface area contributed by atoms with Crippen molar-refractivity contribution in [3.05, 3.63) is 93.7 Å². The van der Waals surface area contributed by atoms with Gasteiger partial charge in [-0.25, -0.2) is 0 Å². The molecule has 0 aliphatic carbocycles. The molecule has 0 spiro atoms. The van der Waals surface area contributed by atoms with Crippen molar-refractivity contribution in [1.29, 1.82) is 0 Å². The van der Waals surface area contributed by atoms with Crippen LogP contribution in [0, 0.1) is 5.92 Å². The molecule has 1 heterocycles. The first kappa shape index (κ1) is 28.0. The number of aliphatic hydroxyl groups excluding tert-OH is 1. The van der Waals surface area contributed by atoms with Crippen LogP contribution in [-0.4, -0.2) is 30.9 Å². The molecule has 0 aliphatic rings. The monoisotopic (exact) mass is 539 g/mol. The summed E-state index contributed by atoms with van der Waals surface area (Å²) in [7, 11) is 1.00. The van der Waals surface area contributed by atoms with Crippen LogP contribution in [0.3, 0.4) is 0 Å². The Kier molecular flexibility index (Phi) is 9.53. The molecule has 0 fully saturated rings. The number of furan rings is 1. The molecule has 0 atom stereocenters. The van der Waals surface area contributed by atoms with E-state index in [4.69, 9.17) is 43.2 Å². The van der Waals surface area contributed by atoms with E-state index in [1.54, 1.807) is 38.1 Å². The average molecular weight is 540 g/mol. The standard InChI is InChI=1S/C28H23Cl2NO4.CH4O/c1-16(2)28(33)22(27(31)26-23(29)4-3-5-24(26)30)15-34-20-9-6-17(7-10-20)18-8-11-25-19(12-18)13-21(14-32)35-25;1-2/h3-14,16H,15,31H2,1-2H3;2H,1H3/b27-22-;. The second kappa shape index (κ2) is 12.6. The number of fused-ring (bicyclic) bond motifs is 1. The van der Waals surface area contributed by atoms with Gasteiger partial charge in [-0.15, -0.1) is 0 Å². The minimum atomic E-state index is -0.284. The fraction of sp³-hybridized carbons (Fsp3) is 0.172. The Morgan fingerprint density at radius 2 is 1.62 bits per heavy atom. The van der Waals surface area contributed by atoms with Gasteiger partial charge in [0, 0.05) is 24.0 Å². The molecule has 0 bridgehead atoms. The van der Waals surface area contributed by atoms with Gasteiger partial charge in [-0.05, 0) is 53.6 Å². The quantitative estimate of drug-likeness (QED) is 0.188. The molecule has 3 N–H and O–H groups in total. The van der Waals surface area contributed by atoms with Crippen LogP contribution in [0.15, 0.2) is 76.7 Å². The molecule has 0 unspecified atom stereocenters. The third kappa shape index (κ3) is 6.41. The molecule has 0 aliphatic heterocycles. The maximum Gasteiger partial charge on any atom is 0.185 e. The Hall–Kier alpha value is -3.58. The molecule has 192 valence electrons. The van der Waals surface area contributed by atoms with E-state index in [1.807, 2.05) is 42.5 Å². The minimum Gasteiger partial charge on any atom is -0.489 e. The largest absolute Gasteiger partial charge is 0.489 e. The molecule has 0 amide bonds. The number of Topliss-reactive ketones (excluding diaryl/α,β-unsaturated/α-hetero) is 1. The maximum atomic E-state index is 12.9. The summed E-state index contributed by atoms with van der Waals surface area (Å²) in [4.78, 5) is 23.9. The molecular formula is C29H27Cl2NO5. The Bertz CT molecular complexity index is 1420. The molecule has 8 heteroatoms. The molecule has 0 radical (unpaired) electrons. The lowest BCUT2D eigenvalue weighted by Crippen LogP contribution is -2.21. The number of halogens is 2. The van der Waals surface area contributed by atoms with Crippen LogP contribution in [0.2, 0.25) is 10.0 Å². The van der Waals surface area contributed by atoms with E-state index < -0.39 is 0 Å². The summed E-state index contributed by atoms with van der Waals surface area (Å²) in [5.41, 5.74) is 9.91. The number of hydrogen-bond acceptors (Lipinski definition) is 6. The van der Waals surface area contributed by atoms with Crippen LogP contribution in [-0.2, 0) is 4.79 Å². The Morgan fingerprint density at radius 1 is 1.00 bits per heavy atom. The summed E-state index contributed by atoms with van der Waals surface area (Å²) in [6.07, 6.45) is 0.686. The Morgan fingerprint density at radius 3 is 2.22 bits per heavy atom. The van der Waals surface area contributed by atoms with Gasteiger partial charge in [0.05, 0.1) is 21.3 Å². The van der Waals surface area contributed by atoms with Crippen LogP contribution >= 0.6 is 23.2 Å². The second-order valence-electron chi connectivity index (χ2n) is 8.34. The molecule has 3 aromatic carbocycles. The van der Waals surface area contributed by atoms with Crippen molar-refractivity contribution in [3.8, 4) is 16.9 Å². The van der Waals surface area contributed by atoms with Crippen molar-refractivity contribution < 1.29 is 23.8 Å². The lowest BCUT2D eigenvalue weighted by Gasteiger charge is -2.16. The van der Waals surface area contributed by atoms with Crippen molar-refractivity contribution in [3.63, 3.8) is 0 Å². The summed E-state index contributed by atoms with van der Waals surface area (Å²) < 4.78 is 11.4. The number of benzene rings is 3. The van der Waals surface area contributed by atoms with E-state index in [1.165, 1.54) is 0 Å². The molecular weight excluding hydrogens is 513 g/mol. The molecule has 1 aromatic heterocycles. The highest BCUT2D eigenvalue weighted by atomic mass is 35.5. The normalized spacial score (nSPS) is 11.5. The van der Waals surface area contributed by atoms with E-state index >= 15 is 0 Å². The summed E-state index contributed by atoms with van der Waals surface area (Å²) >= 11 is 12.6. The van der Waals surface area contributed by atoms with Gasteiger partial charge >= 0.3 is 0 Å². The summed E-state index contributed by atoms with van der Waals surface area (Å²) in [6.45, 7) is 3.57. The lowest BCUT2D eigenvalue weighted by atomic mass is 9.97. The smallest absolute Gasteiger partial charge is 0.185 e. The minimum absolute atomic E-state index is 0.0286. The van der Waals surface area contributed by atoms with E-state index in [2.05, 4.69) is 0 Å². The number of carbonyl (C=O) groups is 2. The first-order valence-corrected chi connectivity index (χ1v) is 12.2. The third-order valence-corrected chi connectivity index (χ3v) is 6.23. The van der Waals surface area contributed by atoms with Gasteiger partial charge in [-0.1, -0.05) is 61.3 Å². The number of ketones is 1. The molecule has 6 nitrogen and oxygen atoms in total. The first-order chi connectivity index (χ1) is 17.8. The second-order valence-corrected chi connectivity index (χ2v) is 9.15. The zero-order valence-electron chi connectivity index (χ0n) is 20.6. The van der Waals surface area contributed by atoms with Gasteiger partial charge < -0.3 is 20.0 Å². The maximum absolute atomic E-state index is 12.9. The number of nitrogens with two attached hydrogens (primary N) is 1.